The van der Waals surface area contributed by atoms with E-state index in [0.717, 1.165) is 58.0 Å². The third kappa shape index (κ3) is 6.44. The normalized spacial score (nSPS) is 38.1. The SMILES string of the molecule is CC(=O)OC1(OC(C)=O)CC[C@@]2(C)C(=CC[C@H]3[C@@H]4CC[C@H]([C@H](C)C(O)C#CC(C)(C)OC5CCCCO5)[C@@]4(C)CC[C@@H]32)C1. The van der Waals surface area contributed by atoms with E-state index in [-0.39, 0.29) is 23.0 Å². The largest absolute Gasteiger partial charge is 0.422 e. The number of carbonyl (C=O) groups excluding carboxylic acids is 2. The average Bonchev–Trinajstić information content (AvgIpc) is 3.28. The molecule has 1 heterocycles. The van der Waals surface area contributed by atoms with Gasteiger partial charge in [0.15, 0.2) is 6.29 Å². The van der Waals surface area contributed by atoms with Crippen LogP contribution in [0.2, 0.25) is 0 Å². The molecule has 43 heavy (non-hydrogen) atoms. The summed E-state index contributed by atoms with van der Waals surface area (Å²) in [5, 5.41) is 11.3. The summed E-state index contributed by atoms with van der Waals surface area (Å²) in [5.41, 5.74) is 0.785. The number of aliphatic hydroxyl groups excluding tert-OH is 1. The molecule has 7 nitrogen and oxygen atoms in total. The molecule has 0 bridgehead atoms. The number of aliphatic hydroxyl groups is 1. The molecule has 5 aliphatic rings. The Hall–Kier alpha value is -1.88. The van der Waals surface area contributed by atoms with E-state index in [1.165, 1.54) is 25.8 Å². The summed E-state index contributed by atoms with van der Waals surface area (Å²) in [4.78, 5) is 23.9. The first-order valence-corrected chi connectivity index (χ1v) is 16.8. The summed E-state index contributed by atoms with van der Waals surface area (Å²) in [6, 6.07) is 0. The van der Waals surface area contributed by atoms with Crippen molar-refractivity contribution in [2.75, 3.05) is 6.61 Å². The maximum atomic E-state index is 12.0. The highest BCUT2D eigenvalue weighted by Gasteiger charge is 2.61. The van der Waals surface area contributed by atoms with Gasteiger partial charge in [0, 0.05) is 33.3 Å². The summed E-state index contributed by atoms with van der Waals surface area (Å²) < 4.78 is 23.2. The van der Waals surface area contributed by atoms with E-state index in [1.807, 2.05) is 13.8 Å². The van der Waals surface area contributed by atoms with Gasteiger partial charge in [-0.2, -0.15) is 0 Å². The van der Waals surface area contributed by atoms with Crippen LogP contribution in [0.3, 0.4) is 0 Å². The van der Waals surface area contributed by atoms with E-state index in [2.05, 4.69) is 38.7 Å². The number of rotatable bonds is 6. The van der Waals surface area contributed by atoms with E-state index < -0.39 is 29.4 Å². The zero-order valence-corrected chi connectivity index (χ0v) is 27.5. The van der Waals surface area contributed by atoms with Crippen LogP contribution >= 0.6 is 0 Å². The molecule has 7 heteroatoms. The Morgan fingerprint density at radius 3 is 2.40 bits per heavy atom. The predicted octanol–water partition coefficient (Wildman–Crippen LogP) is 6.71. The molecule has 1 N–H and O–H groups in total. The number of hydrogen-bond acceptors (Lipinski definition) is 7. The second kappa shape index (κ2) is 12.1. The van der Waals surface area contributed by atoms with Crippen molar-refractivity contribution in [1.29, 1.82) is 0 Å². The van der Waals surface area contributed by atoms with Crippen LogP contribution < -0.4 is 0 Å². The second-order valence-corrected chi connectivity index (χ2v) is 15.3. The molecule has 3 saturated carbocycles. The summed E-state index contributed by atoms with van der Waals surface area (Å²) in [5.74, 6) is 6.63. The van der Waals surface area contributed by atoms with Crippen molar-refractivity contribution in [1.82, 2.24) is 0 Å². The zero-order chi connectivity index (χ0) is 31.2. The van der Waals surface area contributed by atoms with Crippen LogP contribution in [0.5, 0.6) is 0 Å². The summed E-state index contributed by atoms with van der Waals surface area (Å²) in [6.45, 7) is 14.5. The van der Waals surface area contributed by atoms with Crippen LogP contribution in [-0.4, -0.2) is 47.4 Å². The highest BCUT2D eigenvalue weighted by atomic mass is 16.7. The molecule has 4 fully saturated rings. The van der Waals surface area contributed by atoms with E-state index >= 15 is 0 Å². The highest BCUT2D eigenvalue weighted by Crippen LogP contribution is 2.68. The van der Waals surface area contributed by atoms with Crippen LogP contribution in [0, 0.1) is 52.3 Å². The fraction of sp³-hybridized carbons (Fsp3) is 0.833. The summed E-state index contributed by atoms with van der Waals surface area (Å²) in [7, 11) is 0. The molecule has 0 aromatic heterocycles. The molecular formula is C36H54O7. The minimum absolute atomic E-state index is 0.0103. The Kier molecular flexibility index (Phi) is 9.18. The van der Waals surface area contributed by atoms with Crippen molar-refractivity contribution in [3.8, 4) is 11.8 Å². The molecule has 4 aliphatic carbocycles. The molecule has 1 aliphatic heterocycles. The quantitative estimate of drug-likeness (QED) is 0.157. The third-order valence-electron chi connectivity index (χ3n) is 12.1. The minimum Gasteiger partial charge on any atom is -0.422 e. The molecule has 0 spiro atoms. The van der Waals surface area contributed by atoms with Gasteiger partial charge in [-0.3, -0.25) is 9.59 Å². The molecular weight excluding hydrogens is 544 g/mol. The fourth-order valence-electron chi connectivity index (χ4n) is 9.99. The number of hydrogen-bond donors (Lipinski definition) is 1. The Morgan fingerprint density at radius 2 is 1.74 bits per heavy atom. The number of allylic oxidation sites excluding steroid dienone is 1. The van der Waals surface area contributed by atoms with E-state index in [9.17, 15) is 14.7 Å². The first-order chi connectivity index (χ1) is 20.2. The lowest BCUT2D eigenvalue weighted by molar-refractivity contribution is -0.238. The van der Waals surface area contributed by atoms with Gasteiger partial charge in [-0.15, -0.1) is 0 Å². The zero-order valence-electron chi connectivity index (χ0n) is 27.5. The maximum Gasteiger partial charge on any atom is 0.305 e. The van der Waals surface area contributed by atoms with Crippen LogP contribution in [0.25, 0.3) is 0 Å². The Bertz CT molecular complexity index is 1140. The molecule has 2 unspecified atom stereocenters. The van der Waals surface area contributed by atoms with Crippen molar-refractivity contribution < 1.29 is 33.6 Å². The molecule has 9 atom stereocenters. The van der Waals surface area contributed by atoms with E-state index in [4.69, 9.17) is 18.9 Å². The number of ether oxygens (including phenoxy) is 4. The van der Waals surface area contributed by atoms with Crippen molar-refractivity contribution in [3.63, 3.8) is 0 Å². The van der Waals surface area contributed by atoms with Gasteiger partial charge in [-0.1, -0.05) is 44.3 Å². The Balaban J connectivity index is 1.28. The highest BCUT2D eigenvalue weighted by molar-refractivity contribution is 5.69. The monoisotopic (exact) mass is 598 g/mol. The Labute approximate surface area is 258 Å². The maximum absolute atomic E-state index is 12.0. The van der Waals surface area contributed by atoms with Gasteiger partial charge >= 0.3 is 11.9 Å². The van der Waals surface area contributed by atoms with E-state index in [1.54, 1.807) is 0 Å². The number of fused-ring (bicyclic) bond motifs is 5. The lowest BCUT2D eigenvalue weighted by Crippen LogP contribution is -2.54. The second-order valence-electron chi connectivity index (χ2n) is 15.3. The van der Waals surface area contributed by atoms with Gasteiger partial charge < -0.3 is 24.1 Å². The van der Waals surface area contributed by atoms with Gasteiger partial charge in [0.25, 0.3) is 5.79 Å². The van der Waals surface area contributed by atoms with E-state index in [0.29, 0.717) is 36.5 Å². The fourth-order valence-corrected chi connectivity index (χ4v) is 9.99. The Morgan fingerprint density at radius 1 is 1.02 bits per heavy atom. The van der Waals surface area contributed by atoms with Crippen molar-refractivity contribution in [2.24, 2.45) is 40.4 Å². The van der Waals surface area contributed by atoms with Crippen molar-refractivity contribution in [3.05, 3.63) is 11.6 Å². The summed E-state index contributed by atoms with van der Waals surface area (Å²) >= 11 is 0. The molecule has 1 saturated heterocycles. The minimum atomic E-state index is -1.19. The van der Waals surface area contributed by atoms with Crippen molar-refractivity contribution >= 4 is 11.9 Å². The molecule has 0 radical (unpaired) electrons. The van der Waals surface area contributed by atoms with Gasteiger partial charge in [-0.05, 0) is 112 Å². The van der Waals surface area contributed by atoms with Gasteiger partial charge in [0.1, 0.15) is 11.7 Å². The molecule has 0 amide bonds. The summed E-state index contributed by atoms with van der Waals surface area (Å²) in [6.07, 6.45) is 12.0. The first kappa shape index (κ1) is 32.5. The average molecular weight is 599 g/mol. The van der Waals surface area contributed by atoms with Crippen LogP contribution in [0.15, 0.2) is 11.6 Å². The molecule has 0 aromatic rings. The van der Waals surface area contributed by atoms with Crippen LogP contribution in [-0.2, 0) is 28.5 Å². The van der Waals surface area contributed by atoms with Gasteiger partial charge in [-0.25, -0.2) is 0 Å². The first-order valence-electron chi connectivity index (χ1n) is 16.8. The lowest BCUT2D eigenvalue weighted by atomic mass is 9.46. The topological polar surface area (TPSA) is 91.3 Å². The third-order valence-corrected chi connectivity index (χ3v) is 12.1. The number of carbonyl (C=O) groups is 2. The van der Waals surface area contributed by atoms with Crippen molar-refractivity contribution in [2.45, 2.75) is 143 Å². The van der Waals surface area contributed by atoms with Gasteiger partial charge in [0.2, 0.25) is 0 Å². The molecule has 240 valence electrons. The number of esters is 2. The van der Waals surface area contributed by atoms with Crippen LogP contribution in [0.1, 0.15) is 119 Å². The van der Waals surface area contributed by atoms with Gasteiger partial charge in [0.05, 0.1) is 0 Å². The molecule has 0 aromatic carbocycles. The van der Waals surface area contributed by atoms with Crippen LogP contribution in [0.4, 0.5) is 0 Å². The predicted molar refractivity (Wildman–Crippen MR) is 163 cm³/mol. The lowest BCUT2D eigenvalue weighted by Gasteiger charge is -2.59. The standard InChI is InChI=1S/C36H54O7/c1-23(31(39)16-17-33(4,5)43-32-10-8-9-21-40-32)28-13-14-29-27-12-11-26-22-36(41-24(2)37,42-25(3)38)20-19-34(26,6)30(27)15-18-35(28,29)7/h11,23,27-32,39H,8-10,12-15,18-22H2,1-7H3/t23-,27-,28+,29-,30-,31?,32?,34-,35+/m0/s1. The molecule has 5 rings (SSSR count). The smallest absolute Gasteiger partial charge is 0.305 e.